The molecule has 0 heterocycles. The van der Waals surface area contributed by atoms with E-state index in [0.29, 0.717) is 36.9 Å². The maximum absolute atomic E-state index is 9.23. The van der Waals surface area contributed by atoms with Crippen LogP contribution < -0.4 is 10.6 Å². The van der Waals surface area contributed by atoms with Crippen molar-refractivity contribution in [1.82, 2.24) is 0 Å². The van der Waals surface area contributed by atoms with Gasteiger partial charge in [0.25, 0.3) is 0 Å². The zero-order valence-electron chi connectivity index (χ0n) is 17.3. The van der Waals surface area contributed by atoms with E-state index >= 15 is 0 Å². The van der Waals surface area contributed by atoms with Crippen LogP contribution in [-0.4, -0.2) is 54.5 Å². The summed E-state index contributed by atoms with van der Waals surface area (Å²) in [6, 6.07) is 5.75. The Morgan fingerprint density at radius 3 is 2.48 bits per heavy atom. The summed E-state index contributed by atoms with van der Waals surface area (Å²) < 4.78 is 5.78. The van der Waals surface area contributed by atoms with Crippen LogP contribution in [0.3, 0.4) is 0 Å². The first-order valence-corrected chi connectivity index (χ1v) is 10.1. The molecule has 1 aromatic carbocycles. The minimum atomic E-state index is 0.0137. The number of nitrogens with zero attached hydrogens (tertiary/aromatic N) is 2. The van der Waals surface area contributed by atoms with Gasteiger partial charge in [0.1, 0.15) is 5.76 Å². The number of allylic oxidation sites excluding steroid dienone is 2. The van der Waals surface area contributed by atoms with Crippen molar-refractivity contribution in [2.24, 2.45) is 10.7 Å². The number of benzene rings is 1. The fourth-order valence-electron chi connectivity index (χ4n) is 3.04. The van der Waals surface area contributed by atoms with Crippen molar-refractivity contribution in [1.29, 1.82) is 5.41 Å². The average Bonchev–Trinajstić information content (AvgIpc) is 2.69. The molecule has 1 aliphatic rings. The SMILES string of the molecule is CCCCCOC1=CC(=Nc2ccc(N(CCO)CCO)cc2C)C(=N)C=C1N. The van der Waals surface area contributed by atoms with E-state index in [2.05, 4.69) is 11.9 Å². The third kappa shape index (κ3) is 6.44. The van der Waals surface area contributed by atoms with Crippen molar-refractivity contribution in [2.45, 2.75) is 33.1 Å². The van der Waals surface area contributed by atoms with Gasteiger partial charge in [0.15, 0.2) is 0 Å². The van der Waals surface area contributed by atoms with Crippen LogP contribution in [0.5, 0.6) is 0 Å². The van der Waals surface area contributed by atoms with Crippen molar-refractivity contribution in [3.8, 4) is 0 Å². The highest BCUT2D eigenvalue weighted by Crippen LogP contribution is 2.26. The number of aliphatic hydroxyl groups excluding tert-OH is 2. The molecule has 0 bridgehead atoms. The van der Waals surface area contributed by atoms with E-state index in [-0.39, 0.29) is 18.9 Å². The van der Waals surface area contributed by atoms with Crippen molar-refractivity contribution in [3.63, 3.8) is 0 Å². The molecular weight excluding hydrogens is 368 g/mol. The Balaban J connectivity index is 2.22. The molecule has 0 fully saturated rings. The second kappa shape index (κ2) is 11.4. The molecule has 1 aliphatic carbocycles. The Bertz CT molecular complexity index is 793. The number of unbranched alkanes of at least 4 members (excludes halogenated alkanes) is 2. The predicted octanol–water partition coefficient (Wildman–Crippen LogP) is 2.83. The summed E-state index contributed by atoms with van der Waals surface area (Å²) in [6.07, 6.45) is 6.48. The fourth-order valence-corrected chi connectivity index (χ4v) is 3.04. The lowest BCUT2D eigenvalue weighted by Crippen LogP contribution is -2.29. The normalized spacial score (nSPS) is 15.3. The van der Waals surface area contributed by atoms with E-state index in [1.807, 2.05) is 30.0 Å². The minimum Gasteiger partial charge on any atom is -0.491 e. The summed E-state index contributed by atoms with van der Waals surface area (Å²) >= 11 is 0. The third-order valence-corrected chi connectivity index (χ3v) is 4.66. The third-order valence-electron chi connectivity index (χ3n) is 4.66. The number of ether oxygens (including phenoxy) is 1. The van der Waals surface area contributed by atoms with Crippen LogP contribution in [0.2, 0.25) is 0 Å². The van der Waals surface area contributed by atoms with Crippen LogP contribution in [0.15, 0.2) is 46.8 Å². The van der Waals surface area contributed by atoms with E-state index in [1.165, 1.54) is 0 Å². The molecule has 1 aromatic rings. The van der Waals surface area contributed by atoms with Crippen LogP contribution in [0.1, 0.15) is 31.7 Å². The summed E-state index contributed by atoms with van der Waals surface area (Å²) in [6.45, 7) is 5.60. The summed E-state index contributed by atoms with van der Waals surface area (Å²) in [5.74, 6) is 0.558. The van der Waals surface area contributed by atoms with Gasteiger partial charge < -0.3 is 25.6 Å². The van der Waals surface area contributed by atoms with Gasteiger partial charge in [0.05, 0.1) is 42.6 Å². The van der Waals surface area contributed by atoms with Gasteiger partial charge in [-0.1, -0.05) is 19.8 Å². The minimum absolute atomic E-state index is 0.0137. The van der Waals surface area contributed by atoms with Crippen LogP contribution in [-0.2, 0) is 4.74 Å². The molecular formula is C22H32N4O3. The van der Waals surface area contributed by atoms with Crippen molar-refractivity contribution < 1.29 is 14.9 Å². The highest BCUT2D eigenvalue weighted by atomic mass is 16.5. The van der Waals surface area contributed by atoms with E-state index in [9.17, 15) is 10.2 Å². The number of rotatable bonds is 11. The number of aliphatic hydroxyl groups is 2. The van der Waals surface area contributed by atoms with Crippen LogP contribution >= 0.6 is 0 Å². The van der Waals surface area contributed by atoms with Gasteiger partial charge in [-0.05, 0) is 43.2 Å². The predicted molar refractivity (Wildman–Crippen MR) is 118 cm³/mol. The quantitative estimate of drug-likeness (QED) is 0.337. The van der Waals surface area contributed by atoms with Gasteiger partial charge in [-0.3, -0.25) is 5.41 Å². The number of hydrogen-bond acceptors (Lipinski definition) is 7. The molecule has 158 valence electrons. The molecule has 0 unspecified atom stereocenters. The van der Waals surface area contributed by atoms with Gasteiger partial charge in [-0.25, -0.2) is 4.99 Å². The van der Waals surface area contributed by atoms with E-state index in [4.69, 9.17) is 15.9 Å². The van der Waals surface area contributed by atoms with Crippen molar-refractivity contribution >= 4 is 22.8 Å². The number of anilines is 1. The molecule has 0 atom stereocenters. The first-order valence-electron chi connectivity index (χ1n) is 10.1. The van der Waals surface area contributed by atoms with Gasteiger partial charge in [-0.2, -0.15) is 0 Å². The lowest BCUT2D eigenvalue weighted by molar-refractivity contribution is 0.213. The van der Waals surface area contributed by atoms with E-state index in [1.54, 1.807) is 12.2 Å². The number of aryl methyl sites for hydroxylation is 1. The van der Waals surface area contributed by atoms with Gasteiger partial charge in [0.2, 0.25) is 0 Å². The highest BCUT2D eigenvalue weighted by molar-refractivity contribution is 6.50. The first kappa shape index (κ1) is 22.6. The molecule has 7 heteroatoms. The van der Waals surface area contributed by atoms with Crippen molar-refractivity contribution in [3.05, 3.63) is 47.4 Å². The second-order valence-corrected chi connectivity index (χ2v) is 6.98. The number of aliphatic imine (C=N–C) groups is 1. The number of nitrogens with two attached hydrogens (primary N) is 1. The zero-order valence-corrected chi connectivity index (χ0v) is 17.3. The van der Waals surface area contributed by atoms with E-state index in [0.717, 1.165) is 36.2 Å². The molecule has 0 spiro atoms. The molecule has 0 saturated heterocycles. The molecule has 0 aliphatic heterocycles. The average molecular weight is 401 g/mol. The standard InChI is InChI=1S/C22H32N4O3/c1-3-4-5-12-29-22-15-21(18(23)14-19(22)24)25-20-7-6-17(13-16(20)2)26(8-10-27)9-11-28/h6-7,13-15,23,27-28H,3-5,8-12,24H2,1-2H3. The maximum atomic E-state index is 9.23. The lowest BCUT2D eigenvalue weighted by Gasteiger charge is -2.23. The lowest BCUT2D eigenvalue weighted by atomic mass is 10.1. The summed E-state index contributed by atoms with van der Waals surface area (Å²) in [4.78, 5) is 6.55. The Morgan fingerprint density at radius 1 is 1.14 bits per heavy atom. The molecule has 2 rings (SSSR count). The molecule has 0 amide bonds. The van der Waals surface area contributed by atoms with E-state index < -0.39 is 0 Å². The molecule has 0 aromatic heterocycles. The Labute approximate surface area is 172 Å². The first-order chi connectivity index (χ1) is 14.0. The molecule has 29 heavy (non-hydrogen) atoms. The second-order valence-electron chi connectivity index (χ2n) is 6.98. The number of nitrogens with one attached hydrogen (secondary N) is 1. The summed E-state index contributed by atoms with van der Waals surface area (Å²) in [7, 11) is 0. The highest BCUT2D eigenvalue weighted by Gasteiger charge is 2.16. The Morgan fingerprint density at radius 2 is 1.86 bits per heavy atom. The smallest absolute Gasteiger partial charge is 0.144 e. The topological polar surface area (TPSA) is 115 Å². The number of hydrogen-bond donors (Lipinski definition) is 4. The van der Waals surface area contributed by atoms with Crippen molar-refractivity contribution in [2.75, 3.05) is 37.8 Å². The summed E-state index contributed by atoms with van der Waals surface area (Å²) in [5.41, 5.74) is 9.79. The monoisotopic (exact) mass is 400 g/mol. The largest absolute Gasteiger partial charge is 0.491 e. The molecule has 0 saturated carbocycles. The van der Waals surface area contributed by atoms with Gasteiger partial charge in [0, 0.05) is 24.9 Å². The molecule has 7 nitrogen and oxygen atoms in total. The molecule has 5 N–H and O–H groups in total. The van der Waals surface area contributed by atoms with Crippen LogP contribution in [0.4, 0.5) is 11.4 Å². The Hall–Kier alpha value is -2.64. The zero-order chi connectivity index (χ0) is 21.2. The van der Waals surface area contributed by atoms with Crippen LogP contribution in [0, 0.1) is 12.3 Å². The maximum Gasteiger partial charge on any atom is 0.144 e. The van der Waals surface area contributed by atoms with Gasteiger partial charge in [-0.15, -0.1) is 0 Å². The van der Waals surface area contributed by atoms with Gasteiger partial charge >= 0.3 is 0 Å². The van der Waals surface area contributed by atoms with Crippen LogP contribution in [0.25, 0.3) is 0 Å². The Kier molecular flexibility index (Phi) is 8.89. The fraction of sp³-hybridized carbons (Fsp3) is 0.455. The molecule has 0 radical (unpaired) electrons. The summed E-state index contributed by atoms with van der Waals surface area (Å²) in [5, 5.41) is 26.7.